The van der Waals surface area contributed by atoms with E-state index in [0.717, 1.165) is 12.8 Å². The number of carboxylic acids is 1. The number of aliphatic carboxylic acids is 1. The van der Waals surface area contributed by atoms with Gasteiger partial charge in [0, 0.05) is 24.0 Å². The minimum absolute atomic E-state index is 0.144. The summed E-state index contributed by atoms with van der Waals surface area (Å²) >= 11 is 0. The van der Waals surface area contributed by atoms with Crippen molar-refractivity contribution in [3.05, 3.63) is 0 Å². The summed E-state index contributed by atoms with van der Waals surface area (Å²) in [4.78, 5) is 23.6. The third-order valence-corrected chi connectivity index (χ3v) is 6.53. The van der Waals surface area contributed by atoms with Gasteiger partial charge < -0.3 is 10.0 Å². The van der Waals surface area contributed by atoms with Crippen LogP contribution in [0.15, 0.2) is 0 Å². The summed E-state index contributed by atoms with van der Waals surface area (Å²) in [6, 6.07) is 0. The monoisotopic (exact) mass is 353 g/mol. The largest absolute Gasteiger partial charge is 0.480 e. The highest BCUT2D eigenvalue weighted by molar-refractivity contribution is 8.77. The average Bonchev–Trinajstić information content (AvgIpc) is 2.41. The highest BCUT2D eigenvalue weighted by atomic mass is 33.1. The molecule has 1 N–H and O–H groups in total. The van der Waals surface area contributed by atoms with Gasteiger partial charge in [-0.1, -0.05) is 41.4 Å². The highest BCUT2D eigenvalue weighted by Crippen LogP contribution is 2.39. The van der Waals surface area contributed by atoms with Crippen LogP contribution in [-0.4, -0.2) is 52.1 Å². The zero-order chi connectivity index (χ0) is 17.2. The Labute approximate surface area is 141 Å². The van der Waals surface area contributed by atoms with Crippen molar-refractivity contribution >= 4 is 33.5 Å². The summed E-state index contributed by atoms with van der Waals surface area (Å²) in [5, 5.41) is 8.65. The van der Waals surface area contributed by atoms with Gasteiger partial charge in [-0.25, -0.2) is 4.39 Å². The molecule has 22 heavy (non-hydrogen) atoms. The molecule has 0 bridgehead atoms. The molecule has 0 heterocycles. The van der Waals surface area contributed by atoms with E-state index in [4.69, 9.17) is 5.11 Å². The summed E-state index contributed by atoms with van der Waals surface area (Å²) in [5.74, 6) is -0.713. The molecule has 0 aliphatic heterocycles. The lowest BCUT2D eigenvalue weighted by Gasteiger charge is -2.24. The first-order valence-electron chi connectivity index (χ1n) is 7.58. The standard InChI is InChI=1S/C15H28FNO3S2/c1-5-6-7-12(16)11-21-22-15(2,3)9-8-13(18)17(4)10-14(19)20/h12H,5-11H2,1-4H3,(H,19,20). The topological polar surface area (TPSA) is 57.6 Å². The number of amides is 1. The number of unbranched alkanes of at least 4 members (excludes halogenated alkanes) is 1. The molecule has 1 atom stereocenters. The van der Waals surface area contributed by atoms with Gasteiger partial charge in [0.25, 0.3) is 0 Å². The van der Waals surface area contributed by atoms with Crippen LogP contribution < -0.4 is 0 Å². The van der Waals surface area contributed by atoms with Crippen molar-refractivity contribution in [1.82, 2.24) is 4.90 Å². The van der Waals surface area contributed by atoms with E-state index in [0.29, 0.717) is 25.0 Å². The zero-order valence-corrected chi connectivity index (χ0v) is 15.6. The van der Waals surface area contributed by atoms with E-state index in [1.807, 2.05) is 13.8 Å². The van der Waals surface area contributed by atoms with Gasteiger partial charge in [0.15, 0.2) is 0 Å². The van der Waals surface area contributed by atoms with Crippen LogP contribution in [0.1, 0.15) is 52.9 Å². The van der Waals surface area contributed by atoms with E-state index in [2.05, 4.69) is 6.92 Å². The van der Waals surface area contributed by atoms with Gasteiger partial charge in [-0.05, 0) is 26.7 Å². The molecule has 0 aliphatic carbocycles. The SMILES string of the molecule is CCCCC(F)CSSC(C)(C)CCC(=O)N(C)CC(=O)O. The summed E-state index contributed by atoms with van der Waals surface area (Å²) in [5.41, 5.74) is 0. The Hall–Kier alpha value is -0.430. The van der Waals surface area contributed by atoms with Crippen molar-refractivity contribution in [2.24, 2.45) is 0 Å². The van der Waals surface area contributed by atoms with Crippen molar-refractivity contribution < 1.29 is 19.1 Å². The smallest absolute Gasteiger partial charge is 0.323 e. The van der Waals surface area contributed by atoms with Crippen molar-refractivity contribution in [3.8, 4) is 0 Å². The number of nitrogens with zero attached hydrogens (tertiary/aromatic N) is 1. The van der Waals surface area contributed by atoms with Crippen LogP contribution in [0.3, 0.4) is 0 Å². The maximum Gasteiger partial charge on any atom is 0.323 e. The molecule has 4 nitrogen and oxygen atoms in total. The lowest BCUT2D eigenvalue weighted by Crippen LogP contribution is -2.32. The second-order valence-electron chi connectivity index (χ2n) is 6.01. The van der Waals surface area contributed by atoms with Gasteiger partial charge >= 0.3 is 5.97 Å². The first-order chi connectivity index (χ1) is 10.2. The van der Waals surface area contributed by atoms with E-state index in [1.165, 1.54) is 22.7 Å². The minimum atomic E-state index is -1.01. The fraction of sp³-hybridized carbons (Fsp3) is 0.867. The molecule has 0 radical (unpaired) electrons. The summed E-state index contributed by atoms with van der Waals surface area (Å²) in [6.45, 7) is 5.82. The molecule has 1 unspecified atom stereocenters. The molecule has 0 aliphatic rings. The van der Waals surface area contributed by atoms with Gasteiger partial charge in [0.1, 0.15) is 12.7 Å². The molecule has 0 fully saturated rings. The maximum absolute atomic E-state index is 13.6. The van der Waals surface area contributed by atoms with Crippen molar-refractivity contribution in [2.45, 2.75) is 63.8 Å². The van der Waals surface area contributed by atoms with Crippen LogP contribution >= 0.6 is 21.6 Å². The molecule has 7 heteroatoms. The number of likely N-dealkylation sites (N-methyl/N-ethyl adjacent to an activating group) is 1. The normalized spacial score (nSPS) is 13.0. The van der Waals surface area contributed by atoms with Crippen LogP contribution in [0.4, 0.5) is 4.39 Å². The first-order valence-corrected chi connectivity index (χ1v) is 9.90. The van der Waals surface area contributed by atoms with Gasteiger partial charge in [-0.2, -0.15) is 0 Å². The number of halogens is 1. The third kappa shape index (κ3) is 11.2. The summed E-state index contributed by atoms with van der Waals surface area (Å²) in [6.07, 6.45) is 2.72. The fourth-order valence-electron chi connectivity index (χ4n) is 1.71. The second kappa shape index (κ2) is 11.2. The van der Waals surface area contributed by atoms with Gasteiger partial charge in [-0.3, -0.25) is 9.59 Å². The number of carbonyl (C=O) groups excluding carboxylic acids is 1. The van der Waals surface area contributed by atoms with Crippen molar-refractivity contribution in [2.75, 3.05) is 19.3 Å². The third-order valence-electron chi connectivity index (χ3n) is 3.14. The van der Waals surface area contributed by atoms with Gasteiger partial charge in [0.05, 0.1) is 0 Å². The number of rotatable bonds is 12. The summed E-state index contributed by atoms with van der Waals surface area (Å²) < 4.78 is 13.4. The summed E-state index contributed by atoms with van der Waals surface area (Å²) in [7, 11) is 4.60. The Balaban J connectivity index is 3.98. The maximum atomic E-state index is 13.6. The Morgan fingerprint density at radius 3 is 2.55 bits per heavy atom. The van der Waals surface area contributed by atoms with Gasteiger partial charge in [-0.15, -0.1) is 0 Å². The van der Waals surface area contributed by atoms with Crippen molar-refractivity contribution in [1.29, 1.82) is 0 Å². The number of alkyl halides is 1. The Morgan fingerprint density at radius 1 is 1.36 bits per heavy atom. The second-order valence-corrected chi connectivity index (χ2v) is 9.06. The van der Waals surface area contributed by atoms with Crippen LogP contribution in [0.2, 0.25) is 0 Å². The highest BCUT2D eigenvalue weighted by Gasteiger charge is 2.22. The fourth-order valence-corrected chi connectivity index (χ4v) is 4.45. The molecule has 0 rings (SSSR count). The molecule has 0 aromatic heterocycles. The molecule has 0 aromatic carbocycles. The molecule has 0 saturated carbocycles. The molecule has 0 aromatic rings. The first kappa shape index (κ1) is 21.6. The lowest BCUT2D eigenvalue weighted by molar-refractivity contribution is -0.143. The number of carbonyl (C=O) groups is 2. The Bertz CT molecular complexity index is 354. The van der Waals surface area contributed by atoms with Crippen molar-refractivity contribution in [3.63, 3.8) is 0 Å². The Morgan fingerprint density at radius 2 is 2.00 bits per heavy atom. The number of hydrogen-bond donors (Lipinski definition) is 1. The Kier molecular flexibility index (Phi) is 10.9. The van der Waals surface area contributed by atoms with E-state index in [1.54, 1.807) is 10.8 Å². The predicted molar refractivity (Wildman–Crippen MR) is 93.1 cm³/mol. The number of carboxylic acid groups (broad SMARTS) is 1. The van der Waals surface area contributed by atoms with E-state index in [-0.39, 0.29) is 17.2 Å². The van der Waals surface area contributed by atoms with E-state index >= 15 is 0 Å². The van der Waals surface area contributed by atoms with Crippen LogP contribution in [-0.2, 0) is 9.59 Å². The molecule has 1 amide bonds. The lowest BCUT2D eigenvalue weighted by atomic mass is 10.1. The average molecular weight is 354 g/mol. The van der Waals surface area contributed by atoms with Gasteiger partial charge in [0.2, 0.25) is 5.91 Å². The van der Waals surface area contributed by atoms with Crippen LogP contribution in [0, 0.1) is 0 Å². The van der Waals surface area contributed by atoms with E-state index < -0.39 is 12.1 Å². The van der Waals surface area contributed by atoms with Crippen LogP contribution in [0.5, 0.6) is 0 Å². The molecule has 130 valence electrons. The minimum Gasteiger partial charge on any atom is -0.480 e. The molecular weight excluding hydrogens is 325 g/mol. The molecule has 0 spiro atoms. The quantitative estimate of drug-likeness (QED) is 0.538. The molecular formula is C15H28FNO3S2. The number of hydrogen-bond acceptors (Lipinski definition) is 4. The van der Waals surface area contributed by atoms with Crippen LogP contribution in [0.25, 0.3) is 0 Å². The predicted octanol–water partition coefficient (Wildman–Crippen LogP) is 4.00. The molecule has 0 saturated heterocycles. The van der Waals surface area contributed by atoms with E-state index in [9.17, 15) is 14.0 Å². The zero-order valence-electron chi connectivity index (χ0n) is 13.9.